The molecule has 1 aromatic heterocycles. The van der Waals surface area contributed by atoms with Crippen LogP contribution in [-0.4, -0.2) is 28.4 Å². The van der Waals surface area contributed by atoms with Crippen LogP contribution in [0.1, 0.15) is 50.2 Å². The highest BCUT2D eigenvalue weighted by Crippen LogP contribution is 2.14. The fraction of sp³-hybridized carbons (Fsp3) is 0.429. The molecule has 0 aliphatic carbocycles. The molecule has 1 heterocycles. The lowest BCUT2D eigenvalue weighted by Gasteiger charge is -2.26. The third-order valence-corrected chi connectivity index (χ3v) is 4.11. The Morgan fingerprint density at radius 2 is 1.80 bits per heavy atom. The molecule has 0 saturated heterocycles. The summed E-state index contributed by atoms with van der Waals surface area (Å²) >= 11 is 0. The first-order chi connectivity index (χ1) is 12.0. The van der Waals surface area contributed by atoms with Gasteiger partial charge in [-0.05, 0) is 43.9 Å². The maximum Gasteiger partial charge on any atom is 0.272 e. The van der Waals surface area contributed by atoms with E-state index in [-0.39, 0.29) is 11.9 Å². The molecule has 0 aliphatic rings. The van der Waals surface area contributed by atoms with E-state index in [0.29, 0.717) is 18.2 Å². The molecule has 0 bridgehead atoms. The quantitative estimate of drug-likeness (QED) is 0.765. The van der Waals surface area contributed by atoms with Gasteiger partial charge in [-0.15, -0.1) is 0 Å². The largest absolute Gasteiger partial charge is 0.384 e. The molecule has 1 amide bonds. The van der Waals surface area contributed by atoms with E-state index in [1.807, 2.05) is 55.1 Å². The number of hydrogen-bond donors (Lipinski definition) is 1. The Kier molecular flexibility index (Phi) is 6.99. The number of amides is 1. The summed E-state index contributed by atoms with van der Waals surface area (Å²) in [5, 5.41) is 3.35. The number of carbonyl (C=O) groups is 1. The lowest BCUT2D eigenvalue weighted by molar-refractivity contribution is 0.0684. The highest BCUT2D eigenvalue weighted by atomic mass is 16.2. The van der Waals surface area contributed by atoms with Gasteiger partial charge >= 0.3 is 0 Å². The zero-order chi connectivity index (χ0) is 18.2. The van der Waals surface area contributed by atoms with Crippen molar-refractivity contribution in [2.24, 2.45) is 5.92 Å². The molecule has 0 spiro atoms. The molecule has 0 saturated carbocycles. The average molecular weight is 339 g/mol. The van der Waals surface area contributed by atoms with Gasteiger partial charge in [-0.1, -0.05) is 44.2 Å². The number of nitrogens with zero attached hydrogens (tertiary/aromatic N) is 2. The summed E-state index contributed by atoms with van der Waals surface area (Å²) < 4.78 is 0. The zero-order valence-corrected chi connectivity index (χ0v) is 15.7. The van der Waals surface area contributed by atoms with Crippen molar-refractivity contribution in [3.05, 3.63) is 59.9 Å². The summed E-state index contributed by atoms with van der Waals surface area (Å²) in [4.78, 5) is 19.1. The van der Waals surface area contributed by atoms with Gasteiger partial charge in [-0.25, -0.2) is 4.98 Å². The monoisotopic (exact) mass is 339 g/mol. The standard InChI is InChI=1S/C21H29N3O/c1-16(2)12-13-22-19-10-11-20(23-14-19)21(25)24(17(3)4)15-18-8-6-5-7-9-18/h5-11,14,16-17,22H,12-13,15H2,1-4H3. The molecule has 0 fully saturated rings. The van der Waals surface area contributed by atoms with Crippen molar-refractivity contribution in [2.75, 3.05) is 11.9 Å². The molecule has 0 unspecified atom stereocenters. The lowest BCUT2D eigenvalue weighted by atomic mass is 10.1. The first-order valence-corrected chi connectivity index (χ1v) is 9.02. The van der Waals surface area contributed by atoms with Crippen LogP contribution < -0.4 is 5.32 Å². The first-order valence-electron chi connectivity index (χ1n) is 9.02. The van der Waals surface area contributed by atoms with Crippen molar-refractivity contribution in [1.29, 1.82) is 0 Å². The molecule has 134 valence electrons. The third kappa shape index (κ3) is 5.89. The summed E-state index contributed by atoms with van der Waals surface area (Å²) in [6.45, 7) is 9.97. The fourth-order valence-corrected chi connectivity index (χ4v) is 2.55. The second-order valence-electron chi connectivity index (χ2n) is 7.05. The van der Waals surface area contributed by atoms with Crippen LogP contribution in [-0.2, 0) is 6.54 Å². The van der Waals surface area contributed by atoms with Crippen LogP contribution in [0.5, 0.6) is 0 Å². The van der Waals surface area contributed by atoms with Crippen molar-refractivity contribution in [3.63, 3.8) is 0 Å². The Hall–Kier alpha value is -2.36. The van der Waals surface area contributed by atoms with Gasteiger partial charge in [-0.3, -0.25) is 4.79 Å². The summed E-state index contributed by atoms with van der Waals surface area (Å²) in [7, 11) is 0. The van der Waals surface area contributed by atoms with E-state index in [1.54, 1.807) is 12.3 Å². The normalized spacial score (nSPS) is 11.0. The van der Waals surface area contributed by atoms with E-state index in [4.69, 9.17) is 0 Å². The minimum Gasteiger partial charge on any atom is -0.384 e. The van der Waals surface area contributed by atoms with Gasteiger partial charge in [-0.2, -0.15) is 0 Å². The second-order valence-corrected chi connectivity index (χ2v) is 7.05. The number of benzene rings is 1. The summed E-state index contributed by atoms with van der Waals surface area (Å²) in [6.07, 6.45) is 2.85. The van der Waals surface area contributed by atoms with Crippen molar-refractivity contribution < 1.29 is 4.79 Å². The average Bonchev–Trinajstić information content (AvgIpc) is 2.60. The van der Waals surface area contributed by atoms with Crippen LogP contribution in [0.4, 0.5) is 5.69 Å². The summed E-state index contributed by atoms with van der Waals surface area (Å²) in [5.74, 6) is 0.631. The molecule has 25 heavy (non-hydrogen) atoms. The molecule has 1 N–H and O–H groups in total. The predicted octanol–water partition coefficient (Wildman–Crippen LogP) is 4.59. The van der Waals surface area contributed by atoms with Crippen LogP contribution in [0.15, 0.2) is 48.7 Å². The van der Waals surface area contributed by atoms with Crippen LogP contribution in [0, 0.1) is 5.92 Å². The van der Waals surface area contributed by atoms with E-state index in [9.17, 15) is 4.79 Å². The van der Waals surface area contributed by atoms with Crippen LogP contribution in [0.25, 0.3) is 0 Å². The van der Waals surface area contributed by atoms with Gasteiger partial charge in [0.05, 0.1) is 11.9 Å². The molecule has 2 rings (SSSR count). The molecule has 2 aromatic rings. The first kappa shape index (κ1) is 19.0. The number of hydrogen-bond acceptors (Lipinski definition) is 3. The van der Waals surface area contributed by atoms with Crippen LogP contribution >= 0.6 is 0 Å². The summed E-state index contributed by atoms with van der Waals surface area (Å²) in [5.41, 5.74) is 2.56. The van der Waals surface area contributed by atoms with E-state index in [0.717, 1.165) is 24.2 Å². The van der Waals surface area contributed by atoms with Crippen LogP contribution in [0.3, 0.4) is 0 Å². The third-order valence-electron chi connectivity index (χ3n) is 4.11. The minimum absolute atomic E-state index is 0.0346. The zero-order valence-electron chi connectivity index (χ0n) is 15.7. The predicted molar refractivity (Wildman–Crippen MR) is 104 cm³/mol. The number of pyridine rings is 1. The van der Waals surface area contributed by atoms with Gasteiger partial charge in [0.15, 0.2) is 0 Å². The molecular weight excluding hydrogens is 310 g/mol. The van der Waals surface area contributed by atoms with E-state index < -0.39 is 0 Å². The van der Waals surface area contributed by atoms with E-state index >= 15 is 0 Å². The Labute approximate surface area is 151 Å². The van der Waals surface area contributed by atoms with Crippen molar-refractivity contribution in [3.8, 4) is 0 Å². The SMILES string of the molecule is CC(C)CCNc1ccc(C(=O)N(Cc2ccccc2)C(C)C)nc1. The number of rotatable bonds is 8. The Morgan fingerprint density at radius 1 is 1.08 bits per heavy atom. The molecule has 1 aromatic carbocycles. The topological polar surface area (TPSA) is 45.2 Å². The molecule has 0 aliphatic heterocycles. The highest BCUT2D eigenvalue weighted by Gasteiger charge is 2.20. The molecule has 4 heteroatoms. The second kappa shape index (κ2) is 9.21. The number of carbonyl (C=O) groups excluding carboxylic acids is 1. The fourth-order valence-electron chi connectivity index (χ4n) is 2.55. The summed E-state index contributed by atoms with van der Waals surface area (Å²) in [6, 6.07) is 13.9. The molecule has 4 nitrogen and oxygen atoms in total. The maximum absolute atomic E-state index is 12.8. The lowest BCUT2D eigenvalue weighted by Crippen LogP contribution is -2.36. The highest BCUT2D eigenvalue weighted by molar-refractivity contribution is 5.92. The smallest absolute Gasteiger partial charge is 0.272 e. The van der Waals surface area contributed by atoms with Gasteiger partial charge in [0, 0.05) is 19.1 Å². The Balaban J connectivity index is 2.03. The maximum atomic E-state index is 12.8. The van der Waals surface area contributed by atoms with Crippen LogP contribution in [0.2, 0.25) is 0 Å². The van der Waals surface area contributed by atoms with Crippen molar-refractivity contribution in [1.82, 2.24) is 9.88 Å². The number of anilines is 1. The van der Waals surface area contributed by atoms with Gasteiger partial charge in [0.2, 0.25) is 0 Å². The molecule has 0 radical (unpaired) electrons. The van der Waals surface area contributed by atoms with Gasteiger partial charge < -0.3 is 10.2 Å². The Bertz CT molecular complexity index is 651. The van der Waals surface area contributed by atoms with Crippen molar-refractivity contribution in [2.45, 2.75) is 46.7 Å². The molecular formula is C21H29N3O. The van der Waals surface area contributed by atoms with E-state index in [2.05, 4.69) is 24.1 Å². The van der Waals surface area contributed by atoms with Gasteiger partial charge in [0.25, 0.3) is 5.91 Å². The number of aromatic nitrogens is 1. The van der Waals surface area contributed by atoms with E-state index in [1.165, 1.54) is 0 Å². The Morgan fingerprint density at radius 3 is 2.36 bits per heavy atom. The molecule has 0 atom stereocenters. The van der Waals surface area contributed by atoms with Gasteiger partial charge in [0.1, 0.15) is 5.69 Å². The van der Waals surface area contributed by atoms with Crippen molar-refractivity contribution >= 4 is 11.6 Å². The minimum atomic E-state index is -0.0346. The number of nitrogens with one attached hydrogen (secondary N) is 1.